The number of rotatable bonds is 7. The van der Waals surface area contributed by atoms with Crippen molar-refractivity contribution in [1.82, 2.24) is 0 Å². The quantitative estimate of drug-likeness (QED) is 0.741. The summed E-state index contributed by atoms with van der Waals surface area (Å²) in [4.78, 5) is 11.2. The fraction of sp³-hybridized carbons (Fsp3) is 0.389. The van der Waals surface area contributed by atoms with Crippen molar-refractivity contribution >= 4 is 16.7 Å². The zero-order chi connectivity index (χ0) is 14.4. The van der Waals surface area contributed by atoms with Crippen LogP contribution in [0.15, 0.2) is 36.4 Å². The average molecular weight is 269 g/mol. The predicted octanol–water partition coefficient (Wildman–Crippen LogP) is 4.45. The Morgan fingerprint density at radius 1 is 0.950 bits per heavy atom. The molecule has 2 aromatic rings. The van der Waals surface area contributed by atoms with Crippen molar-refractivity contribution in [2.45, 2.75) is 45.4 Å². The van der Waals surface area contributed by atoms with Crippen molar-refractivity contribution in [3.8, 4) is 0 Å². The third kappa shape index (κ3) is 3.83. The molecule has 20 heavy (non-hydrogen) atoms. The highest BCUT2D eigenvalue weighted by Gasteiger charge is 2.02. The Kier molecular flexibility index (Phi) is 5.16. The van der Waals surface area contributed by atoms with Gasteiger partial charge in [-0.1, -0.05) is 56.9 Å². The molecule has 0 aliphatic heterocycles. The molecule has 2 aromatic carbocycles. The van der Waals surface area contributed by atoms with E-state index in [1.54, 1.807) is 6.07 Å². The standard InChI is InChI=1S/C18H23NO/c1-2-3-4-5-6-7-14-8-9-16-13-17(18(19)20)11-10-15(16)12-14/h8-13H,2-7H2,1H3,(H2,19,20). The predicted molar refractivity (Wildman–Crippen MR) is 84.9 cm³/mol. The fourth-order valence-corrected chi connectivity index (χ4v) is 2.54. The highest BCUT2D eigenvalue weighted by atomic mass is 16.1. The molecular formula is C18H23NO. The number of hydrogen-bond donors (Lipinski definition) is 1. The van der Waals surface area contributed by atoms with Crippen LogP contribution in [0.1, 0.15) is 54.9 Å². The van der Waals surface area contributed by atoms with E-state index >= 15 is 0 Å². The van der Waals surface area contributed by atoms with Gasteiger partial charge in [-0.05, 0) is 41.3 Å². The Hall–Kier alpha value is -1.83. The zero-order valence-corrected chi connectivity index (χ0v) is 12.2. The summed E-state index contributed by atoms with van der Waals surface area (Å²) >= 11 is 0. The summed E-state index contributed by atoms with van der Waals surface area (Å²) in [7, 11) is 0. The van der Waals surface area contributed by atoms with Crippen LogP contribution in [0.4, 0.5) is 0 Å². The molecule has 0 unspecified atom stereocenters. The molecular weight excluding hydrogens is 246 g/mol. The van der Waals surface area contributed by atoms with E-state index < -0.39 is 0 Å². The first-order chi connectivity index (χ1) is 9.70. The van der Waals surface area contributed by atoms with Crippen molar-refractivity contribution in [3.05, 3.63) is 47.5 Å². The summed E-state index contributed by atoms with van der Waals surface area (Å²) in [6, 6.07) is 12.1. The van der Waals surface area contributed by atoms with Crippen molar-refractivity contribution in [2.24, 2.45) is 5.73 Å². The van der Waals surface area contributed by atoms with Gasteiger partial charge in [0, 0.05) is 5.56 Å². The molecule has 0 aromatic heterocycles. The first kappa shape index (κ1) is 14.6. The second-order valence-corrected chi connectivity index (χ2v) is 5.42. The number of primary amides is 1. The lowest BCUT2D eigenvalue weighted by Crippen LogP contribution is -2.10. The molecule has 1 amide bonds. The normalized spacial score (nSPS) is 10.8. The van der Waals surface area contributed by atoms with Crippen molar-refractivity contribution < 1.29 is 4.79 Å². The topological polar surface area (TPSA) is 43.1 Å². The van der Waals surface area contributed by atoms with Gasteiger partial charge in [-0.2, -0.15) is 0 Å². The highest BCUT2D eigenvalue weighted by molar-refractivity contribution is 5.97. The van der Waals surface area contributed by atoms with Crippen LogP contribution in [0.25, 0.3) is 10.8 Å². The maximum Gasteiger partial charge on any atom is 0.248 e. The van der Waals surface area contributed by atoms with E-state index in [2.05, 4.69) is 25.1 Å². The number of aryl methyl sites for hydroxylation is 1. The minimum atomic E-state index is -0.369. The fourth-order valence-electron chi connectivity index (χ4n) is 2.54. The molecule has 0 spiro atoms. The summed E-state index contributed by atoms with van der Waals surface area (Å²) in [5, 5.41) is 2.26. The van der Waals surface area contributed by atoms with E-state index in [9.17, 15) is 4.79 Å². The number of unbranched alkanes of at least 4 members (excludes halogenated alkanes) is 4. The number of nitrogens with two attached hydrogens (primary N) is 1. The number of benzene rings is 2. The number of carbonyl (C=O) groups excluding carboxylic acids is 1. The minimum Gasteiger partial charge on any atom is -0.366 e. The Bertz CT molecular complexity index is 589. The summed E-state index contributed by atoms with van der Waals surface area (Å²) in [6.45, 7) is 2.24. The summed E-state index contributed by atoms with van der Waals surface area (Å²) in [5.74, 6) is -0.369. The van der Waals surface area contributed by atoms with Gasteiger partial charge in [0.15, 0.2) is 0 Å². The maximum atomic E-state index is 11.2. The van der Waals surface area contributed by atoms with E-state index in [1.807, 2.05) is 12.1 Å². The van der Waals surface area contributed by atoms with Gasteiger partial charge >= 0.3 is 0 Å². The van der Waals surface area contributed by atoms with Gasteiger partial charge < -0.3 is 5.73 Å². The van der Waals surface area contributed by atoms with Gasteiger partial charge in [0.2, 0.25) is 5.91 Å². The smallest absolute Gasteiger partial charge is 0.248 e. The SMILES string of the molecule is CCCCCCCc1ccc2cc(C(N)=O)ccc2c1. The van der Waals surface area contributed by atoms with Crippen LogP contribution in [0.5, 0.6) is 0 Å². The molecule has 0 bridgehead atoms. The van der Waals surface area contributed by atoms with Crippen LogP contribution < -0.4 is 5.73 Å². The molecule has 2 N–H and O–H groups in total. The highest BCUT2D eigenvalue weighted by Crippen LogP contribution is 2.19. The Morgan fingerprint density at radius 3 is 2.40 bits per heavy atom. The lowest BCUT2D eigenvalue weighted by molar-refractivity contribution is 0.100. The molecule has 0 fully saturated rings. The minimum absolute atomic E-state index is 0.369. The average Bonchev–Trinajstić information content (AvgIpc) is 2.46. The number of carbonyl (C=O) groups is 1. The number of hydrogen-bond acceptors (Lipinski definition) is 1. The van der Waals surface area contributed by atoms with Crippen LogP contribution in [-0.2, 0) is 6.42 Å². The van der Waals surface area contributed by atoms with Crippen molar-refractivity contribution in [1.29, 1.82) is 0 Å². The maximum absolute atomic E-state index is 11.2. The van der Waals surface area contributed by atoms with Crippen LogP contribution in [0.2, 0.25) is 0 Å². The first-order valence-electron chi connectivity index (χ1n) is 7.53. The van der Waals surface area contributed by atoms with Gasteiger partial charge in [-0.3, -0.25) is 4.79 Å². The molecule has 2 nitrogen and oxygen atoms in total. The lowest BCUT2D eigenvalue weighted by atomic mass is 10.0. The molecule has 0 aliphatic rings. The second-order valence-electron chi connectivity index (χ2n) is 5.42. The largest absolute Gasteiger partial charge is 0.366 e. The Balaban J connectivity index is 2.02. The van der Waals surface area contributed by atoms with E-state index in [0.29, 0.717) is 5.56 Å². The molecule has 0 atom stereocenters. The molecule has 0 saturated carbocycles. The van der Waals surface area contributed by atoms with E-state index in [-0.39, 0.29) is 5.91 Å². The molecule has 2 rings (SSSR count). The van der Waals surface area contributed by atoms with Gasteiger partial charge in [0.1, 0.15) is 0 Å². The van der Waals surface area contributed by atoms with Crippen LogP contribution in [0.3, 0.4) is 0 Å². The van der Waals surface area contributed by atoms with Crippen LogP contribution >= 0.6 is 0 Å². The first-order valence-corrected chi connectivity index (χ1v) is 7.53. The lowest BCUT2D eigenvalue weighted by Gasteiger charge is -2.05. The van der Waals surface area contributed by atoms with E-state index in [4.69, 9.17) is 5.73 Å². The van der Waals surface area contributed by atoms with Gasteiger partial charge in [0.25, 0.3) is 0 Å². The second kappa shape index (κ2) is 7.09. The third-order valence-electron chi connectivity index (χ3n) is 3.76. The monoisotopic (exact) mass is 269 g/mol. The molecule has 0 radical (unpaired) electrons. The summed E-state index contributed by atoms with van der Waals surface area (Å²) < 4.78 is 0. The number of fused-ring (bicyclic) bond motifs is 1. The van der Waals surface area contributed by atoms with Gasteiger partial charge in [-0.25, -0.2) is 0 Å². The Labute approximate surface area is 121 Å². The summed E-state index contributed by atoms with van der Waals surface area (Å²) in [5.41, 5.74) is 7.25. The molecule has 0 heterocycles. The summed E-state index contributed by atoms with van der Waals surface area (Å²) in [6.07, 6.45) is 7.67. The van der Waals surface area contributed by atoms with Crippen molar-refractivity contribution in [3.63, 3.8) is 0 Å². The third-order valence-corrected chi connectivity index (χ3v) is 3.76. The van der Waals surface area contributed by atoms with Gasteiger partial charge in [-0.15, -0.1) is 0 Å². The van der Waals surface area contributed by atoms with Crippen LogP contribution in [-0.4, -0.2) is 5.91 Å². The zero-order valence-electron chi connectivity index (χ0n) is 12.2. The number of amides is 1. The van der Waals surface area contributed by atoms with Crippen LogP contribution in [0, 0.1) is 0 Å². The van der Waals surface area contributed by atoms with Gasteiger partial charge in [0.05, 0.1) is 0 Å². The molecule has 106 valence electrons. The molecule has 0 saturated heterocycles. The van der Waals surface area contributed by atoms with E-state index in [1.165, 1.54) is 43.1 Å². The van der Waals surface area contributed by atoms with Crippen molar-refractivity contribution in [2.75, 3.05) is 0 Å². The molecule has 2 heteroatoms. The van der Waals surface area contributed by atoms with E-state index in [0.717, 1.165) is 11.8 Å². The molecule has 0 aliphatic carbocycles. The Morgan fingerprint density at radius 2 is 1.65 bits per heavy atom.